The van der Waals surface area contributed by atoms with Gasteiger partial charge in [0.15, 0.2) is 0 Å². The summed E-state index contributed by atoms with van der Waals surface area (Å²) in [5.74, 6) is 0.975. The number of carbonyl (C=O) groups excluding carboxylic acids is 2. The van der Waals surface area contributed by atoms with Crippen LogP contribution in [0.5, 0.6) is 0 Å². The van der Waals surface area contributed by atoms with Gasteiger partial charge in [-0.15, -0.1) is 0 Å². The van der Waals surface area contributed by atoms with Crippen molar-refractivity contribution >= 4 is 23.4 Å². The minimum atomic E-state index is -0.372. The van der Waals surface area contributed by atoms with Gasteiger partial charge in [-0.3, -0.25) is 14.8 Å². The minimum absolute atomic E-state index is 0.0238. The highest BCUT2D eigenvalue weighted by Crippen LogP contribution is 2.36. The van der Waals surface area contributed by atoms with Crippen LogP contribution in [0.15, 0.2) is 24.3 Å². The molecule has 1 aliphatic heterocycles. The highest BCUT2D eigenvalue weighted by Gasteiger charge is 2.37. The van der Waals surface area contributed by atoms with Gasteiger partial charge in [-0.25, -0.2) is 10.0 Å². The predicted molar refractivity (Wildman–Crippen MR) is 104 cm³/mol. The van der Waals surface area contributed by atoms with Gasteiger partial charge in [0.2, 0.25) is 12.3 Å². The number of fused-ring (bicyclic) bond motifs is 1. The van der Waals surface area contributed by atoms with E-state index in [2.05, 4.69) is 4.98 Å². The van der Waals surface area contributed by atoms with Gasteiger partial charge in [-0.1, -0.05) is 37.8 Å². The van der Waals surface area contributed by atoms with Crippen LogP contribution in [0.25, 0.3) is 11.0 Å². The smallest absolute Gasteiger partial charge is 0.233 e. The number of nitrogens with zero attached hydrogens (tertiary/aromatic N) is 3. The fourth-order valence-corrected chi connectivity index (χ4v) is 4.85. The molecule has 1 saturated heterocycles. The average molecular weight is 384 g/mol. The number of imidazole rings is 1. The summed E-state index contributed by atoms with van der Waals surface area (Å²) in [5, 5.41) is 10.4. The summed E-state index contributed by atoms with van der Waals surface area (Å²) >= 11 is 0. The number of amides is 2. The number of para-hydroxylation sites is 2. The zero-order valence-corrected chi connectivity index (χ0v) is 16.1. The molecule has 0 bridgehead atoms. The molecule has 7 heteroatoms. The van der Waals surface area contributed by atoms with Gasteiger partial charge < -0.3 is 9.88 Å². The van der Waals surface area contributed by atoms with Gasteiger partial charge in [0.05, 0.1) is 29.5 Å². The first-order valence-electron chi connectivity index (χ1n) is 10.3. The Morgan fingerprint density at radius 2 is 2.07 bits per heavy atom. The van der Waals surface area contributed by atoms with Crippen LogP contribution in [-0.4, -0.2) is 50.5 Å². The van der Waals surface area contributed by atoms with Crippen molar-refractivity contribution in [3.05, 3.63) is 30.1 Å². The molecule has 2 amide bonds. The standard InChI is InChI=1S/C21H28N4O3/c26-14-24(28)13-16(12-15-6-1-2-7-15)21(27)25-11-5-10-19(25)20-22-17-8-3-4-9-18(17)23-20/h3-4,8-9,14-16,19,28H,1-2,5-7,10-13H2,(H,22,23)/t16-,19-/m0/s1. The summed E-state index contributed by atoms with van der Waals surface area (Å²) in [6, 6.07) is 7.80. The van der Waals surface area contributed by atoms with Crippen LogP contribution in [-0.2, 0) is 9.59 Å². The van der Waals surface area contributed by atoms with Crippen molar-refractivity contribution in [1.82, 2.24) is 19.9 Å². The van der Waals surface area contributed by atoms with Crippen LogP contribution in [0.4, 0.5) is 0 Å². The first-order chi connectivity index (χ1) is 13.7. The second kappa shape index (κ2) is 8.31. The van der Waals surface area contributed by atoms with Crippen molar-refractivity contribution in [2.24, 2.45) is 11.8 Å². The SMILES string of the molecule is O=CN(O)C[C@H](CC1CCCC1)C(=O)N1CCC[C@H]1c1nc2ccccc2[nH]1. The molecule has 1 aromatic carbocycles. The van der Waals surface area contributed by atoms with E-state index in [1.54, 1.807) is 0 Å². The Bertz CT molecular complexity index is 797. The molecule has 1 aromatic heterocycles. The zero-order chi connectivity index (χ0) is 19.5. The molecular formula is C21H28N4O3. The molecule has 1 saturated carbocycles. The van der Waals surface area contributed by atoms with Crippen LogP contribution >= 0.6 is 0 Å². The number of H-pyrrole nitrogens is 1. The Hall–Kier alpha value is -2.41. The van der Waals surface area contributed by atoms with Crippen LogP contribution in [0.3, 0.4) is 0 Å². The molecule has 0 radical (unpaired) electrons. The van der Waals surface area contributed by atoms with Crippen molar-refractivity contribution in [2.45, 2.75) is 51.0 Å². The van der Waals surface area contributed by atoms with Crippen LogP contribution in [0, 0.1) is 11.8 Å². The number of aromatic amines is 1. The lowest BCUT2D eigenvalue weighted by Gasteiger charge is -2.30. The zero-order valence-electron chi connectivity index (χ0n) is 16.1. The van der Waals surface area contributed by atoms with E-state index in [9.17, 15) is 14.8 Å². The lowest BCUT2D eigenvalue weighted by molar-refractivity contribution is -0.157. The summed E-state index contributed by atoms with van der Waals surface area (Å²) in [7, 11) is 0. The van der Waals surface area contributed by atoms with Crippen LogP contribution < -0.4 is 0 Å². The van der Waals surface area contributed by atoms with Crippen LogP contribution in [0.1, 0.15) is 56.8 Å². The number of rotatable bonds is 7. The van der Waals surface area contributed by atoms with Crippen LogP contribution in [0.2, 0.25) is 0 Å². The molecule has 2 aromatic rings. The van der Waals surface area contributed by atoms with Gasteiger partial charge in [0, 0.05) is 6.54 Å². The Labute approximate surface area is 164 Å². The van der Waals surface area contributed by atoms with E-state index in [4.69, 9.17) is 4.98 Å². The third-order valence-corrected chi connectivity index (χ3v) is 6.23. The molecule has 2 heterocycles. The number of carbonyl (C=O) groups is 2. The third-order valence-electron chi connectivity index (χ3n) is 6.23. The van der Waals surface area contributed by atoms with E-state index >= 15 is 0 Å². The molecular weight excluding hydrogens is 356 g/mol. The lowest BCUT2D eigenvalue weighted by atomic mass is 9.91. The molecule has 0 unspecified atom stereocenters. The molecule has 28 heavy (non-hydrogen) atoms. The van der Waals surface area contributed by atoms with E-state index < -0.39 is 0 Å². The third kappa shape index (κ3) is 3.90. The number of hydrogen-bond acceptors (Lipinski definition) is 4. The largest absolute Gasteiger partial charge is 0.340 e. The van der Waals surface area contributed by atoms with Gasteiger partial charge in [-0.05, 0) is 37.3 Å². The van der Waals surface area contributed by atoms with Gasteiger partial charge >= 0.3 is 0 Å². The number of likely N-dealkylation sites (tertiary alicyclic amines) is 1. The molecule has 2 N–H and O–H groups in total. The Morgan fingerprint density at radius 3 is 2.82 bits per heavy atom. The molecule has 0 spiro atoms. The highest BCUT2D eigenvalue weighted by atomic mass is 16.5. The quantitative estimate of drug-likeness (QED) is 0.436. The predicted octanol–water partition coefficient (Wildman–Crippen LogP) is 3.27. The van der Waals surface area contributed by atoms with E-state index in [1.807, 2.05) is 29.2 Å². The maximum atomic E-state index is 13.4. The molecule has 1 aliphatic carbocycles. The maximum Gasteiger partial charge on any atom is 0.233 e. The minimum Gasteiger partial charge on any atom is -0.340 e. The first kappa shape index (κ1) is 18.9. The van der Waals surface area contributed by atoms with Crippen molar-refractivity contribution in [2.75, 3.05) is 13.1 Å². The molecule has 2 fully saturated rings. The number of nitrogens with one attached hydrogen (secondary N) is 1. The topological polar surface area (TPSA) is 89.5 Å². The number of hydroxylamine groups is 2. The van der Waals surface area contributed by atoms with Crippen molar-refractivity contribution in [1.29, 1.82) is 0 Å². The lowest BCUT2D eigenvalue weighted by Crippen LogP contribution is -2.41. The second-order valence-corrected chi connectivity index (χ2v) is 8.14. The van der Waals surface area contributed by atoms with Crippen molar-refractivity contribution in [3.63, 3.8) is 0 Å². The summed E-state index contributed by atoms with van der Waals surface area (Å²) < 4.78 is 0. The normalized spacial score (nSPS) is 21.3. The number of hydrogen-bond donors (Lipinski definition) is 2. The van der Waals surface area contributed by atoms with Gasteiger partial charge in [-0.2, -0.15) is 0 Å². The molecule has 4 rings (SSSR count). The fourth-order valence-electron chi connectivity index (χ4n) is 4.85. The van der Waals surface area contributed by atoms with Gasteiger partial charge in [0.1, 0.15) is 5.82 Å². The summed E-state index contributed by atoms with van der Waals surface area (Å²) in [4.78, 5) is 34.3. The summed E-state index contributed by atoms with van der Waals surface area (Å²) in [6.07, 6.45) is 7.58. The number of aromatic nitrogens is 2. The van der Waals surface area contributed by atoms with E-state index in [0.717, 1.165) is 49.0 Å². The molecule has 7 nitrogen and oxygen atoms in total. The highest BCUT2D eigenvalue weighted by molar-refractivity contribution is 5.80. The van der Waals surface area contributed by atoms with E-state index in [-0.39, 0.29) is 24.4 Å². The van der Waals surface area contributed by atoms with Crippen molar-refractivity contribution in [3.8, 4) is 0 Å². The number of benzene rings is 1. The monoisotopic (exact) mass is 384 g/mol. The van der Waals surface area contributed by atoms with E-state index in [0.29, 0.717) is 23.9 Å². The summed E-state index contributed by atoms with van der Waals surface area (Å²) in [6.45, 7) is 0.746. The first-order valence-corrected chi connectivity index (χ1v) is 10.3. The average Bonchev–Trinajstić information content (AvgIpc) is 3.45. The Balaban J connectivity index is 1.54. The molecule has 2 atom stereocenters. The molecule has 2 aliphatic rings. The van der Waals surface area contributed by atoms with E-state index in [1.165, 1.54) is 12.8 Å². The fraction of sp³-hybridized carbons (Fsp3) is 0.571. The Morgan fingerprint density at radius 1 is 1.29 bits per heavy atom. The molecule has 150 valence electrons. The van der Waals surface area contributed by atoms with Crippen molar-refractivity contribution < 1.29 is 14.8 Å². The summed E-state index contributed by atoms with van der Waals surface area (Å²) in [5.41, 5.74) is 1.88. The Kier molecular flexibility index (Phi) is 5.62. The van der Waals surface area contributed by atoms with Gasteiger partial charge in [0.25, 0.3) is 0 Å². The maximum absolute atomic E-state index is 13.4. The second-order valence-electron chi connectivity index (χ2n) is 8.14.